The first-order valence-corrected chi connectivity index (χ1v) is 5.84. The first-order chi connectivity index (χ1) is 7.68. The highest BCUT2D eigenvalue weighted by atomic mass is 35.5. The van der Waals surface area contributed by atoms with Gasteiger partial charge in [-0.15, -0.1) is 0 Å². The van der Waals surface area contributed by atoms with Crippen LogP contribution in [0.15, 0.2) is 18.2 Å². The summed E-state index contributed by atoms with van der Waals surface area (Å²) in [4.78, 5) is 0. The zero-order valence-corrected chi connectivity index (χ0v) is 9.71. The van der Waals surface area contributed by atoms with Crippen LogP contribution in [0.25, 0.3) is 0 Å². The Balaban J connectivity index is 2.15. The van der Waals surface area contributed by atoms with E-state index in [1.807, 2.05) is 0 Å². The molecule has 2 nitrogen and oxygen atoms in total. The number of halogens is 2. The molecule has 4 heteroatoms. The Hall–Kier alpha value is -0.640. The van der Waals surface area contributed by atoms with Crippen LogP contribution in [0.2, 0.25) is 5.02 Å². The third-order valence-corrected chi connectivity index (χ3v) is 3.33. The second-order valence-electron chi connectivity index (χ2n) is 4.14. The quantitative estimate of drug-likeness (QED) is 0.867. The molecule has 0 radical (unpaired) electrons. The number of hydrogen-bond donors (Lipinski definition) is 1. The highest BCUT2D eigenvalue weighted by Crippen LogP contribution is 2.30. The number of nitrogens with two attached hydrogens (primary N) is 1. The Morgan fingerprint density at radius 1 is 1.38 bits per heavy atom. The maximum Gasteiger partial charge on any atom is 0.129 e. The van der Waals surface area contributed by atoms with Gasteiger partial charge in [0.1, 0.15) is 5.82 Å². The lowest BCUT2D eigenvalue weighted by Crippen LogP contribution is -2.28. The van der Waals surface area contributed by atoms with Crippen molar-refractivity contribution in [3.05, 3.63) is 34.6 Å². The molecule has 1 aromatic rings. The van der Waals surface area contributed by atoms with Crippen molar-refractivity contribution in [2.75, 3.05) is 13.2 Å². The molecule has 0 bridgehead atoms. The van der Waals surface area contributed by atoms with Crippen LogP contribution >= 0.6 is 11.6 Å². The zero-order chi connectivity index (χ0) is 11.5. The van der Waals surface area contributed by atoms with Gasteiger partial charge >= 0.3 is 0 Å². The van der Waals surface area contributed by atoms with Crippen LogP contribution in [-0.2, 0) is 4.74 Å². The summed E-state index contributed by atoms with van der Waals surface area (Å²) >= 11 is 5.71. The molecule has 1 aliphatic heterocycles. The number of rotatable bonds is 2. The second-order valence-corrected chi connectivity index (χ2v) is 4.58. The third kappa shape index (κ3) is 2.54. The van der Waals surface area contributed by atoms with Crippen LogP contribution in [0.5, 0.6) is 0 Å². The van der Waals surface area contributed by atoms with Crippen molar-refractivity contribution in [3.8, 4) is 0 Å². The minimum atomic E-state index is -0.313. The fourth-order valence-corrected chi connectivity index (χ4v) is 2.26. The molecule has 0 saturated carbocycles. The Morgan fingerprint density at radius 2 is 2.06 bits per heavy atom. The van der Waals surface area contributed by atoms with Gasteiger partial charge in [0.2, 0.25) is 0 Å². The van der Waals surface area contributed by atoms with Gasteiger partial charge in [-0.1, -0.05) is 17.7 Å². The lowest BCUT2D eigenvalue weighted by Gasteiger charge is -2.28. The van der Waals surface area contributed by atoms with Gasteiger partial charge < -0.3 is 10.5 Å². The van der Waals surface area contributed by atoms with E-state index in [1.54, 1.807) is 12.1 Å². The van der Waals surface area contributed by atoms with E-state index >= 15 is 0 Å². The first-order valence-electron chi connectivity index (χ1n) is 5.47. The molecule has 1 heterocycles. The van der Waals surface area contributed by atoms with Crippen LogP contribution in [0.3, 0.4) is 0 Å². The van der Waals surface area contributed by atoms with E-state index in [0.717, 1.165) is 12.8 Å². The molecule has 0 unspecified atom stereocenters. The van der Waals surface area contributed by atoms with Crippen molar-refractivity contribution in [1.29, 1.82) is 0 Å². The molecule has 1 aromatic carbocycles. The summed E-state index contributed by atoms with van der Waals surface area (Å²) < 4.78 is 18.9. The van der Waals surface area contributed by atoms with Crippen LogP contribution in [0.1, 0.15) is 24.4 Å². The SMILES string of the molecule is N[C@H](c1ccc(Cl)cc1F)C1CCOCC1. The molecule has 1 saturated heterocycles. The van der Waals surface area contributed by atoms with Crippen LogP contribution in [-0.4, -0.2) is 13.2 Å². The van der Waals surface area contributed by atoms with Crippen molar-refractivity contribution in [2.24, 2.45) is 11.7 Å². The Morgan fingerprint density at radius 3 is 2.69 bits per heavy atom. The lowest BCUT2D eigenvalue weighted by atomic mass is 9.87. The predicted molar refractivity (Wildman–Crippen MR) is 61.9 cm³/mol. The molecule has 0 amide bonds. The fraction of sp³-hybridized carbons (Fsp3) is 0.500. The molecule has 88 valence electrons. The van der Waals surface area contributed by atoms with Gasteiger partial charge in [0.05, 0.1) is 0 Å². The van der Waals surface area contributed by atoms with Crippen LogP contribution in [0, 0.1) is 11.7 Å². The van der Waals surface area contributed by atoms with Gasteiger partial charge in [-0.05, 0) is 30.9 Å². The van der Waals surface area contributed by atoms with Crippen molar-refractivity contribution in [1.82, 2.24) is 0 Å². The minimum absolute atomic E-state index is 0.263. The van der Waals surface area contributed by atoms with Crippen molar-refractivity contribution in [3.63, 3.8) is 0 Å². The predicted octanol–water partition coefficient (Wildman–Crippen LogP) is 2.91. The van der Waals surface area contributed by atoms with Gasteiger partial charge in [-0.3, -0.25) is 0 Å². The average molecular weight is 244 g/mol. The molecule has 1 fully saturated rings. The van der Waals surface area contributed by atoms with E-state index in [4.69, 9.17) is 22.1 Å². The lowest BCUT2D eigenvalue weighted by molar-refractivity contribution is 0.0580. The summed E-state index contributed by atoms with van der Waals surface area (Å²) in [6, 6.07) is 4.41. The molecule has 0 aliphatic carbocycles. The number of ether oxygens (including phenoxy) is 1. The molecule has 2 N–H and O–H groups in total. The van der Waals surface area contributed by atoms with Crippen molar-refractivity contribution >= 4 is 11.6 Å². The second kappa shape index (κ2) is 5.13. The molecule has 16 heavy (non-hydrogen) atoms. The Labute approximate surface area is 99.5 Å². The maximum absolute atomic E-state index is 13.7. The molecule has 0 spiro atoms. The molecule has 1 atom stereocenters. The summed E-state index contributed by atoms with van der Waals surface area (Å²) in [6.07, 6.45) is 1.78. The zero-order valence-electron chi connectivity index (χ0n) is 8.96. The third-order valence-electron chi connectivity index (χ3n) is 3.10. The summed E-state index contributed by atoms with van der Waals surface area (Å²) in [7, 11) is 0. The Kier molecular flexibility index (Phi) is 3.79. The Bertz CT molecular complexity index is 366. The van der Waals surface area contributed by atoms with E-state index < -0.39 is 0 Å². The first kappa shape index (κ1) is 11.8. The highest BCUT2D eigenvalue weighted by molar-refractivity contribution is 6.30. The van der Waals surface area contributed by atoms with Gasteiger partial charge in [-0.2, -0.15) is 0 Å². The van der Waals surface area contributed by atoms with Gasteiger partial charge in [0.15, 0.2) is 0 Å². The standard InChI is InChI=1S/C12H15ClFNO/c13-9-1-2-10(11(14)7-9)12(15)8-3-5-16-6-4-8/h1-2,7-8,12H,3-6,15H2/t12-/m0/s1. The normalized spacial score (nSPS) is 19.7. The maximum atomic E-state index is 13.7. The molecule has 2 rings (SSSR count). The van der Waals surface area contributed by atoms with Gasteiger partial charge in [0, 0.05) is 29.8 Å². The molecule has 1 aliphatic rings. The van der Waals surface area contributed by atoms with E-state index in [-0.39, 0.29) is 11.9 Å². The minimum Gasteiger partial charge on any atom is -0.381 e. The summed E-state index contributed by atoms with van der Waals surface area (Å²) in [5, 5.41) is 0.403. The van der Waals surface area contributed by atoms with E-state index in [9.17, 15) is 4.39 Å². The van der Waals surface area contributed by atoms with Crippen molar-refractivity contribution < 1.29 is 9.13 Å². The van der Waals surface area contributed by atoms with Crippen molar-refractivity contribution in [2.45, 2.75) is 18.9 Å². The monoisotopic (exact) mass is 243 g/mol. The number of benzene rings is 1. The van der Waals surface area contributed by atoms with E-state index in [2.05, 4.69) is 0 Å². The molecular formula is C12H15ClFNO. The smallest absolute Gasteiger partial charge is 0.129 e. The average Bonchev–Trinajstić information content (AvgIpc) is 2.29. The van der Waals surface area contributed by atoms with Crippen LogP contribution in [0.4, 0.5) is 4.39 Å². The fourth-order valence-electron chi connectivity index (χ4n) is 2.10. The topological polar surface area (TPSA) is 35.2 Å². The largest absolute Gasteiger partial charge is 0.381 e. The number of hydrogen-bond acceptors (Lipinski definition) is 2. The van der Waals surface area contributed by atoms with Gasteiger partial charge in [-0.25, -0.2) is 4.39 Å². The highest BCUT2D eigenvalue weighted by Gasteiger charge is 2.24. The van der Waals surface area contributed by atoms with E-state index in [1.165, 1.54) is 6.07 Å². The van der Waals surface area contributed by atoms with E-state index in [0.29, 0.717) is 29.7 Å². The van der Waals surface area contributed by atoms with Gasteiger partial charge in [0.25, 0.3) is 0 Å². The summed E-state index contributed by atoms with van der Waals surface area (Å²) in [5.74, 6) is -0.0177. The molecular weight excluding hydrogens is 229 g/mol. The van der Waals surface area contributed by atoms with Crippen LogP contribution < -0.4 is 5.73 Å². The molecule has 0 aromatic heterocycles. The summed E-state index contributed by atoms with van der Waals surface area (Å²) in [5.41, 5.74) is 6.63. The summed E-state index contributed by atoms with van der Waals surface area (Å²) in [6.45, 7) is 1.43.